The van der Waals surface area contributed by atoms with E-state index in [1.54, 1.807) is 0 Å². The van der Waals surface area contributed by atoms with Crippen LogP contribution in [0.3, 0.4) is 0 Å². The maximum Gasteiger partial charge on any atom is 0.0443 e. The van der Waals surface area contributed by atoms with E-state index in [0.29, 0.717) is 6.61 Å². The molecular weight excluding hydrogens is 234 g/mol. The van der Waals surface area contributed by atoms with E-state index in [-0.39, 0.29) is 0 Å². The van der Waals surface area contributed by atoms with Crippen LogP contribution in [-0.4, -0.2) is 35.7 Å². The number of aliphatic hydroxyl groups is 1. The van der Waals surface area contributed by atoms with E-state index in [1.165, 1.54) is 50.6 Å². The fourth-order valence-electron chi connectivity index (χ4n) is 3.14. The fourth-order valence-corrected chi connectivity index (χ4v) is 3.14. The normalized spacial score (nSPS) is 20.6. The van der Waals surface area contributed by atoms with Crippen LogP contribution in [0.4, 0.5) is 0 Å². The lowest BCUT2D eigenvalue weighted by molar-refractivity contribution is 0.126. The third-order valence-corrected chi connectivity index (χ3v) is 4.20. The van der Waals surface area contributed by atoms with Crippen LogP contribution in [-0.2, 0) is 6.42 Å². The highest BCUT2D eigenvalue weighted by molar-refractivity contribution is 5.14. The van der Waals surface area contributed by atoms with Gasteiger partial charge < -0.3 is 10.0 Å². The molecule has 0 aliphatic carbocycles. The molecule has 0 aromatic heterocycles. The minimum absolute atomic E-state index is 0.327. The summed E-state index contributed by atoms with van der Waals surface area (Å²) >= 11 is 0. The van der Waals surface area contributed by atoms with Crippen molar-refractivity contribution in [3.63, 3.8) is 0 Å². The van der Waals surface area contributed by atoms with Crippen LogP contribution in [0.1, 0.15) is 44.1 Å². The van der Waals surface area contributed by atoms with Crippen molar-refractivity contribution in [3.05, 3.63) is 35.9 Å². The van der Waals surface area contributed by atoms with Crippen molar-refractivity contribution >= 4 is 0 Å². The topological polar surface area (TPSA) is 23.5 Å². The van der Waals surface area contributed by atoms with Crippen molar-refractivity contribution < 1.29 is 5.11 Å². The third kappa shape index (κ3) is 4.96. The number of nitrogens with zero attached hydrogens (tertiary/aromatic N) is 1. The zero-order valence-electron chi connectivity index (χ0n) is 11.9. The predicted molar refractivity (Wildman–Crippen MR) is 80.3 cm³/mol. The maximum atomic E-state index is 8.98. The molecule has 0 amide bonds. The van der Waals surface area contributed by atoms with Gasteiger partial charge in [-0.25, -0.2) is 0 Å². The molecule has 1 aliphatic heterocycles. The molecule has 0 spiro atoms. The van der Waals surface area contributed by atoms with Gasteiger partial charge in [-0.15, -0.1) is 0 Å². The van der Waals surface area contributed by atoms with E-state index in [2.05, 4.69) is 35.2 Å². The molecule has 1 aromatic carbocycles. The lowest BCUT2D eigenvalue weighted by Gasteiger charge is -2.35. The zero-order valence-corrected chi connectivity index (χ0v) is 11.9. The van der Waals surface area contributed by atoms with Gasteiger partial charge in [0, 0.05) is 19.2 Å². The monoisotopic (exact) mass is 261 g/mol. The molecule has 2 rings (SSSR count). The third-order valence-electron chi connectivity index (χ3n) is 4.20. The van der Waals surface area contributed by atoms with Crippen molar-refractivity contribution in [1.29, 1.82) is 0 Å². The Balaban J connectivity index is 1.73. The molecule has 1 atom stereocenters. The SMILES string of the molecule is OCCCN1CCCCC1CCCc1ccccc1. The average Bonchev–Trinajstić information content (AvgIpc) is 2.47. The summed E-state index contributed by atoms with van der Waals surface area (Å²) in [4.78, 5) is 2.60. The van der Waals surface area contributed by atoms with Gasteiger partial charge in [-0.2, -0.15) is 0 Å². The zero-order chi connectivity index (χ0) is 13.3. The van der Waals surface area contributed by atoms with Gasteiger partial charge in [0.25, 0.3) is 0 Å². The summed E-state index contributed by atoms with van der Waals surface area (Å²) in [5.74, 6) is 0. The highest BCUT2D eigenvalue weighted by Gasteiger charge is 2.21. The van der Waals surface area contributed by atoms with Gasteiger partial charge in [-0.1, -0.05) is 36.8 Å². The summed E-state index contributed by atoms with van der Waals surface area (Å²) < 4.78 is 0. The summed E-state index contributed by atoms with van der Waals surface area (Å²) in [5, 5.41) is 8.98. The Labute approximate surface area is 117 Å². The average molecular weight is 261 g/mol. The van der Waals surface area contributed by atoms with E-state index in [1.807, 2.05) is 0 Å². The number of piperidine rings is 1. The second-order valence-corrected chi connectivity index (χ2v) is 5.64. The quantitative estimate of drug-likeness (QED) is 0.814. The Hall–Kier alpha value is -0.860. The molecule has 1 heterocycles. The summed E-state index contributed by atoms with van der Waals surface area (Å²) in [6, 6.07) is 11.5. The first-order valence-corrected chi connectivity index (χ1v) is 7.79. The van der Waals surface area contributed by atoms with Gasteiger partial charge >= 0.3 is 0 Å². The first kappa shape index (κ1) is 14.5. The number of hydrogen-bond acceptors (Lipinski definition) is 2. The smallest absolute Gasteiger partial charge is 0.0443 e. The maximum absolute atomic E-state index is 8.98. The Morgan fingerprint density at radius 2 is 1.95 bits per heavy atom. The molecule has 1 aliphatic rings. The number of rotatable bonds is 7. The van der Waals surface area contributed by atoms with Gasteiger partial charge in [0.05, 0.1) is 0 Å². The minimum atomic E-state index is 0.327. The Morgan fingerprint density at radius 1 is 1.11 bits per heavy atom. The van der Waals surface area contributed by atoms with E-state index in [4.69, 9.17) is 5.11 Å². The number of aryl methyl sites for hydroxylation is 1. The standard InChI is InChI=1S/C17H27NO/c19-15-7-14-18-13-5-4-11-17(18)12-6-10-16-8-2-1-3-9-16/h1-3,8-9,17,19H,4-7,10-15H2. The number of hydrogen-bond donors (Lipinski definition) is 1. The lowest BCUT2D eigenvalue weighted by atomic mass is 9.96. The van der Waals surface area contributed by atoms with Gasteiger partial charge in [0.15, 0.2) is 0 Å². The van der Waals surface area contributed by atoms with Crippen LogP contribution in [0, 0.1) is 0 Å². The first-order valence-electron chi connectivity index (χ1n) is 7.79. The summed E-state index contributed by atoms with van der Waals surface area (Å²) in [5.41, 5.74) is 1.46. The van der Waals surface area contributed by atoms with E-state index in [0.717, 1.165) is 19.0 Å². The Morgan fingerprint density at radius 3 is 2.74 bits per heavy atom. The van der Waals surface area contributed by atoms with Crippen LogP contribution in [0.2, 0.25) is 0 Å². The van der Waals surface area contributed by atoms with Crippen molar-refractivity contribution in [2.45, 2.75) is 51.0 Å². The van der Waals surface area contributed by atoms with Gasteiger partial charge in [-0.3, -0.25) is 0 Å². The second-order valence-electron chi connectivity index (χ2n) is 5.64. The largest absolute Gasteiger partial charge is 0.396 e. The number of aliphatic hydroxyl groups excluding tert-OH is 1. The molecule has 2 nitrogen and oxygen atoms in total. The van der Waals surface area contributed by atoms with Crippen molar-refractivity contribution in [3.8, 4) is 0 Å². The van der Waals surface area contributed by atoms with E-state index < -0.39 is 0 Å². The molecule has 106 valence electrons. The van der Waals surface area contributed by atoms with Crippen LogP contribution in [0.25, 0.3) is 0 Å². The fraction of sp³-hybridized carbons (Fsp3) is 0.647. The van der Waals surface area contributed by atoms with Crippen molar-refractivity contribution in [2.24, 2.45) is 0 Å². The molecule has 19 heavy (non-hydrogen) atoms. The molecule has 1 fully saturated rings. The van der Waals surface area contributed by atoms with E-state index >= 15 is 0 Å². The molecule has 2 heteroatoms. The predicted octanol–water partition coefficient (Wildman–Crippen LogP) is 3.25. The first-order chi connectivity index (χ1) is 9.40. The molecule has 0 radical (unpaired) electrons. The van der Waals surface area contributed by atoms with Gasteiger partial charge in [0.2, 0.25) is 0 Å². The molecule has 0 saturated carbocycles. The lowest BCUT2D eigenvalue weighted by Crippen LogP contribution is -2.40. The summed E-state index contributed by atoms with van der Waals surface area (Å²) in [7, 11) is 0. The van der Waals surface area contributed by atoms with Crippen molar-refractivity contribution in [1.82, 2.24) is 4.90 Å². The molecule has 1 N–H and O–H groups in total. The Bertz CT molecular complexity index is 338. The highest BCUT2D eigenvalue weighted by Crippen LogP contribution is 2.21. The van der Waals surface area contributed by atoms with Gasteiger partial charge in [0.1, 0.15) is 0 Å². The van der Waals surface area contributed by atoms with Crippen molar-refractivity contribution in [2.75, 3.05) is 19.7 Å². The summed E-state index contributed by atoms with van der Waals surface area (Å²) in [6.07, 6.45) is 8.78. The Kier molecular flexibility index (Phi) is 6.38. The van der Waals surface area contributed by atoms with Crippen LogP contribution in [0.5, 0.6) is 0 Å². The van der Waals surface area contributed by atoms with Crippen LogP contribution in [0.15, 0.2) is 30.3 Å². The number of benzene rings is 1. The highest BCUT2D eigenvalue weighted by atomic mass is 16.3. The molecule has 1 aromatic rings. The summed E-state index contributed by atoms with van der Waals surface area (Å²) in [6.45, 7) is 2.63. The minimum Gasteiger partial charge on any atom is -0.396 e. The number of likely N-dealkylation sites (tertiary alicyclic amines) is 1. The second kappa shape index (κ2) is 8.34. The molecular formula is C17H27NO. The van der Waals surface area contributed by atoms with E-state index in [9.17, 15) is 0 Å². The van der Waals surface area contributed by atoms with Crippen LogP contribution >= 0.6 is 0 Å². The van der Waals surface area contributed by atoms with Gasteiger partial charge in [-0.05, 0) is 50.6 Å². The molecule has 0 bridgehead atoms. The molecule has 1 saturated heterocycles. The molecule has 1 unspecified atom stereocenters. The van der Waals surface area contributed by atoms with Crippen LogP contribution < -0.4 is 0 Å².